The maximum atomic E-state index is 10.4. The van der Waals surface area contributed by atoms with E-state index in [2.05, 4.69) is 15.3 Å². The Bertz CT molecular complexity index is 728. The number of nitrogens with one attached hydrogen (secondary N) is 1. The van der Waals surface area contributed by atoms with Gasteiger partial charge in [0.2, 0.25) is 0 Å². The van der Waals surface area contributed by atoms with Gasteiger partial charge in [-0.2, -0.15) is 0 Å². The highest BCUT2D eigenvalue weighted by Crippen LogP contribution is 2.33. The topological polar surface area (TPSA) is 58.0 Å². The predicted octanol–water partition coefficient (Wildman–Crippen LogP) is 3.51. The molecule has 0 spiro atoms. The lowest BCUT2D eigenvalue weighted by Gasteiger charge is -2.17. The average Bonchev–Trinajstić information content (AvgIpc) is 2.49. The van der Waals surface area contributed by atoms with Crippen molar-refractivity contribution < 1.29 is 5.11 Å². The molecular weight excluding hydrogens is 250 g/mol. The van der Waals surface area contributed by atoms with Crippen LogP contribution in [0.1, 0.15) is 18.5 Å². The smallest absolute Gasteiger partial charge is 0.128 e. The van der Waals surface area contributed by atoms with E-state index >= 15 is 0 Å². The summed E-state index contributed by atoms with van der Waals surface area (Å²) in [5, 5.41) is 15.6. The summed E-state index contributed by atoms with van der Waals surface area (Å²) in [5.74, 6) is 0.319. The van der Waals surface area contributed by atoms with Crippen LogP contribution in [0.25, 0.3) is 10.8 Å². The van der Waals surface area contributed by atoms with Gasteiger partial charge in [-0.15, -0.1) is 0 Å². The van der Waals surface area contributed by atoms with Gasteiger partial charge < -0.3 is 10.4 Å². The molecule has 0 aliphatic carbocycles. The second-order valence-corrected chi connectivity index (χ2v) is 4.72. The van der Waals surface area contributed by atoms with Crippen LogP contribution in [0.4, 0.5) is 5.69 Å². The molecule has 100 valence electrons. The molecule has 4 heteroatoms. The van der Waals surface area contributed by atoms with Crippen molar-refractivity contribution in [2.24, 2.45) is 0 Å². The van der Waals surface area contributed by atoms with E-state index in [1.807, 2.05) is 43.3 Å². The van der Waals surface area contributed by atoms with Crippen molar-refractivity contribution in [2.75, 3.05) is 5.32 Å². The summed E-state index contributed by atoms with van der Waals surface area (Å²) in [7, 11) is 0. The van der Waals surface area contributed by atoms with E-state index in [0.717, 1.165) is 22.0 Å². The van der Waals surface area contributed by atoms with Gasteiger partial charge in [0.15, 0.2) is 0 Å². The zero-order valence-electron chi connectivity index (χ0n) is 11.1. The second-order valence-electron chi connectivity index (χ2n) is 4.72. The van der Waals surface area contributed by atoms with E-state index in [0.29, 0.717) is 5.75 Å². The van der Waals surface area contributed by atoms with E-state index in [9.17, 15) is 5.11 Å². The Kier molecular flexibility index (Phi) is 3.21. The Labute approximate surface area is 117 Å². The third-order valence-corrected chi connectivity index (χ3v) is 3.34. The molecule has 0 saturated carbocycles. The fourth-order valence-electron chi connectivity index (χ4n) is 2.32. The van der Waals surface area contributed by atoms with Gasteiger partial charge in [-0.05, 0) is 12.3 Å². The summed E-state index contributed by atoms with van der Waals surface area (Å²) >= 11 is 0. The van der Waals surface area contributed by atoms with Crippen LogP contribution in [0.15, 0.2) is 55.1 Å². The highest BCUT2D eigenvalue weighted by atomic mass is 16.3. The Balaban J connectivity index is 1.95. The van der Waals surface area contributed by atoms with E-state index < -0.39 is 0 Å². The number of phenols is 1. The molecule has 1 heterocycles. The number of fused-ring (bicyclic) bond motifs is 1. The van der Waals surface area contributed by atoms with Crippen LogP contribution in [0.3, 0.4) is 0 Å². The lowest BCUT2D eigenvalue weighted by atomic mass is 10.0. The maximum absolute atomic E-state index is 10.4. The molecule has 0 radical (unpaired) electrons. The minimum atomic E-state index is -0.0365. The lowest BCUT2D eigenvalue weighted by Crippen LogP contribution is -2.07. The number of aromatic hydroxyl groups is 1. The van der Waals surface area contributed by atoms with Crippen molar-refractivity contribution in [3.05, 3.63) is 60.7 Å². The number of aromatic nitrogens is 2. The minimum Gasteiger partial charge on any atom is -0.507 e. The van der Waals surface area contributed by atoms with Crippen molar-refractivity contribution in [3.63, 3.8) is 0 Å². The summed E-state index contributed by atoms with van der Waals surface area (Å²) in [4.78, 5) is 7.94. The van der Waals surface area contributed by atoms with Crippen LogP contribution in [0, 0.1) is 0 Å². The predicted molar refractivity (Wildman–Crippen MR) is 79.7 cm³/mol. The first kappa shape index (κ1) is 12.4. The summed E-state index contributed by atoms with van der Waals surface area (Å²) in [6.07, 6.45) is 4.91. The highest BCUT2D eigenvalue weighted by Gasteiger charge is 2.12. The van der Waals surface area contributed by atoms with Crippen LogP contribution in [-0.4, -0.2) is 15.1 Å². The molecule has 1 atom stereocenters. The molecule has 0 saturated heterocycles. The Morgan fingerprint density at radius 3 is 2.60 bits per heavy atom. The molecule has 0 amide bonds. The molecular formula is C16H15N3O. The largest absolute Gasteiger partial charge is 0.507 e. The number of nitrogens with zero attached hydrogens (tertiary/aromatic N) is 2. The molecule has 0 aliphatic heterocycles. The van der Waals surface area contributed by atoms with Gasteiger partial charge in [-0.3, -0.25) is 0 Å². The van der Waals surface area contributed by atoms with Gasteiger partial charge >= 0.3 is 0 Å². The van der Waals surface area contributed by atoms with Crippen LogP contribution < -0.4 is 5.32 Å². The van der Waals surface area contributed by atoms with Crippen LogP contribution in [0.2, 0.25) is 0 Å². The minimum absolute atomic E-state index is 0.0365. The second kappa shape index (κ2) is 5.17. The molecule has 4 nitrogen and oxygen atoms in total. The van der Waals surface area contributed by atoms with E-state index in [1.165, 1.54) is 6.33 Å². The number of benzene rings is 2. The maximum Gasteiger partial charge on any atom is 0.128 e. The first-order valence-corrected chi connectivity index (χ1v) is 6.48. The Morgan fingerprint density at radius 1 is 1.05 bits per heavy atom. The van der Waals surface area contributed by atoms with Crippen molar-refractivity contribution in [1.82, 2.24) is 9.97 Å². The van der Waals surface area contributed by atoms with E-state index in [1.54, 1.807) is 12.4 Å². The van der Waals surface area contributed by atoms with Gasteiger partial charge in [0.1, 0.15) is 12.1 Å². The van der Waals surface area contributed by atoms with Gasteiger partial charge in [0.05, 0.1) is 24.1 Å². The summed E-state index contributed by atoms with van der Waals surface area (Å²) in [6.45, 7) is 2.00. The Morgan fingerprint density at radius 2 is 1.80 bits per heavy atom. The fourth-order valence-corrected chi connectivity index (χ4v) is 2.32. The van der Waals surface area contributed by atoms with Crippen molar-refractivity contribution in [1.29, 1.82) is 0 Å². The van der Waals surface area contributed by atoms with Gasteiger partial charge in [-0.1, -0.05) is 36.4 Å². The summed E-state index contributed by atoms with van der Waals surface area (Å²) < 4.78 is 0. The third-order valence-electron chi connectivity index (χ3n) is 3.34. The number of hydrogen-bond acceptors (Lipinski definition) is 4. The fraction of sp³-hybridized carbons (Fsp3) is 0.125. The van der Waals surface area contributed by atoms with Gasteiger partial charge in [-0.25, -0.2) is 9.97 Å². The van der Waals surface area contributed by atoms with Crippen LogP contribution in [-0.2, 0) is 0 Å². The van der Waals surface area contributed by atoms with Crippen molar-refractivity contribution >= 4 is 16.5 Å². The third kappa shape index (κ3) is 2.28. The van der Waals surface area contributed by atoms with Crippen LogP contribution in [0.5, 0.6) is 5.75 Å². The molecule has 1 aromatic heterocycles. The molecule has 0 bridgehead atoms. The molecule has 20 heavy (non-hydrogen) atoms. The zero-order chi connectivity index (χ0) is 13.9. The molecule has 3 aromatic rings. The molecule has 2 N–H and O–H groups in total. The average molecular weight is 265 g/mol. The zero-order valence-corrected chi connectivity index (χ0v) is 11.1. The van der Waals surface area contributed by atoms with E-state index in [4.69, 9.17) is 0 Å². The first-order chi connectivity index (χ1) is 9.75. The Hall–Kier alpha value is -2.62. The normalized spacial score (nSPS) is 12.2. The SMILES string of the molecule is CC(Nc1cncnc1)c1ccc2ccccc2c1O. The number of phenolic OH excluding ortho intramolecular Hbond substituents is 1. The van der Waals surface area contributed by atoms with Crippen molar-refractivity contribution in [2.45, 2.75) is 13.0 Å². The quantitative estimate of drug-likeness (QED) is 0.761. The van der Waals surface area contributed by atoms with Crippen molar-refractivity contribution in [3.8, 4) is 5.75 Å². The van der Waals surface area contributed by atoms with E-state index in [-0.39, 0.29) is 6.04 Å². The summed E-state index contributed by atoms with van der Waals surface area (Å²) in [6, 6.07) is 11.7. The molecule has 0 fully saturated rings. The number of hydrogen-bond donors (Lipinski definition) is 2. The highest BCUT2D eigenvalue weighted by molar-refractivity contribution is 5.89. The molecule has 0 aliphatic rings. The standard InChI is InChI=1S/C16H15N3O/c1-11(19-13-8-17-10-18-9-13)14-7-6-12-4-2-3-5-15(12)16(14)20/h2-11,19-20H,1H3. The summed E-state index contributed by atoms with van der Waals surface area (Å²) in [5.41, 5.74) is 1.68. The van der Waals surface area contributed by atoms with Gasteiger partial charge in [0, 0.05) is 10.9 Å². The first-order valence-electron chi connectivity index (χ1n) is 6.48. The lowest BCUT2D eigenvalue weighted by molar-refractivity contribution is 0.472. The number of rotatable bonds is 3. The molecule has 2 aromatic carbocycles. The number of anilines is 1. The molecule has 3 rings (SSSR count). The van der Waals surface area contributed by atoms with Crippen LogP contribution >= 0.6 is 0 Å². The monoisotopic (exact) mass is 265 g/mol. The van der Waals surface area contributed by atoms with Gasteiger partial charge in [0.25, 0.3) is 0 Å². The molecule has 1 unspecified atom stereocenters.